The molecule has 1 aliphatic heterocycles. The Hall–Kier alpha value is -2.43. The first-order chi connectivity index (χ1) is 10.3. The van der Waals surface area contributed by atoms with E-state index in [4.69, 9.17) is 4.74 Å². The summed E-state index contributed by atoms with van der Waals surface area (Å²) < 4.78 is 5.77. The van der Waals surface area contributed by atoms with E-state index in [1.54, 1.807) is 11.0 Å². The zero-order valence-corrected chi connectivity index (χ0v) is 12.0. The molecule has 5 heteroatoms. The van der Waals surface area contributed by atoms with Crippen molar-refractivity contribution in [2.75, 3.05) is 11.4 Å². The number of amides is 1. The SMILES string of the molecule is CCCCCN1C(=O)c2ccnnc2Oc2ccccc21. The van der Waals surface area contributed by atoms with Gasteiger partial charge in [0.05, 0.1) is 11.9 Å². The molecule has 21 heavy (non-hydrogen) atoms. The lowest BCUT2D eigenvalue weighted by atomic mass is 10.2. The van der Waals surface area contributed by atoms with E-state index in [1.807, 2.05) is 24.3 Å². The highest BCUT2D eigenvalue weighted by molar-refractivity contribution is 6.09. The lowest BCUT2D eigenvalue weighted by Gasteiger charge is -2.21. The van der Waals surface area contributed by atoms with Crippen LogP contribution in [0, 0.1) is 0 Å². The molecule has 5 nitrogen and oxygen atoms in total. The number of ether oxygens (including phenoxy) is 1. The first kappa shape index (κ1) is 13.5. The van der Waals surface area contributed by atoms with Crippen LogP contribution in [0.1, 0.15) is 36.5 Å². The Bertz CT molecular complexity index is 657. The number of rotatable bonds is 4. The second-order valence-corrected chi connectivity index (χ2v) is 4.98. The number of para-hydroxylation sites is 2. The predicted octanol–water partition coefficient (Wildman–Crippen LogP) is 3.42. The van der Waals surface area contributed by atoms with Crippen molar-refractivity contribution in [3.05, 3.63) is 42.1 Å². The zero-order chi connectivity index (χ0) is 14.7. The Morgan fingerprint density at radius 1 is 1.19 bits per heavy atom. The van der Waals surface area contributed by atoms with Gasteiger partial charge in [0.1, 0.15) is 5.56 Å². The number of fused-ring (bicyclic) bond motifs is 2. The van der Waals surface area contributed by atoms with Gasteiger partial charge in [-0.3, -0.25) is 4.79 Å². The fourth-order valence-corrected chi connectivity index (χ4v) is 2.42. The normalized spacial score (nSPS) is 13.2. The molecule has 0 atom stereocenters. The van der Waals surface area contributed by atoms with Gasteiger partial charge in [-0.15, -0.1) is 5.10 Å². The molecule has 0 saturated carbocycles. The first-order valence-electron chi connectivity index (χ1n) is 7.21. The number of hydrogen-bond acceptors (Lipinski definition) is 4. The molecule has 1 aromatic carbocycles. The summed E-state index contributed by atoms with van der Waals surface area (Å²) in [6.45, 7) is 2.82. The molecular formula is C16H17N3O2. The maximum atomic E-state index is 12.8. The van der Waals surface area contributed by atoms with Crippen LogP contribution in [-0.2, 0) is 0 Å². The van der Waals surface area contributed by atoms with Crippen molar-refractivity contribution >= 4 is 11.6 Å². The molecule has 0 bridgehead atoms. The van der Waals surface area contributed by atoms with Gasteiger partial charge in [0.15, 0.2) is 5.75 Å². The van der Waals surface area contributed by atoms with Crippen LogP contribution in [0.4, 0.5) is 5.69 Å². The topological polar surface area (TPSA) is 55.3 Å². The largest absolute Gasteiger partial charge is 0.435 e. The minimum Gasteiger partial charge on any atom is -0.435 e. The Morgan fingerprint density at radius 2 is 2.05 bits per heavy atom. The van der Waals surface area contributed by atoms with Gasteiger partial charge in [0, 0.05) is 6.54 Å². The molecule has 1 amide bonds. The van der Waals surface area contributed by atoms with E-state index >= 15 is 0 Å². The van der Waals surface area contributed by atoms with Crippen molar-refractivity contribution in [3.8, 4) is 11.6 Å². The quantitative estimate of drug-likeness (QED) is 0.807. The van der Waals surface area contributed by atoms with Crippen molar-refractivity contribution in [1.82, 2.24) is 10.2 Å². The standard InChI is InChI=1S/C16H17N3O2/c1-2-3-6-11-19-13-7-4-5-8-14(13)21-15-12(16(19)20)9-10-17-18-15/h4-5,7-10H,2-3,6,11H2,1H3. The smallest absolute Gasteiger partial charge is 0.264 e. The monoisotopic (exact) mass is 283 g/mol. The van der Waals surface area contributed by atoms with Crippen LogP contribution in [-0.4, -0.2) is 22.6 Å². The number of aromatic nitrogens is 2. The lowest BCUT2D eigenvalue weighted by Crippen LogP contribution is -2.31. The van der Waals surface area contributed by atoms with E-state index in [1.165, 1.54) is 6.20 Å². The van der Waals surface area contributed by atoms with Crippen LogP contribution in [0.3, 0.4) is 0 Å². The predicted molar refractivity (Wildman–Crippen MR) is 79.7 cm³/mol. The number of hydrogen-bond donors (Lipinski definition) is 0. The van der Waals surface area contributed by atoms with Gasteiger partial charge in [-0.2, -0.15) is 5.10 Å². The summed E-state index contributed by atoms with van der Waals surface area (Å²) in [5.74, 6) is 0.829. The van der Waals surface area contributed by atoms with Crippen molar-refractivity contribution in [1.29, 1.82) is 0 Å². The molecule has 1 aromatic heterocycles. The van der Waals surface area contributed by atoms with E-state index in [9.17, 15) is 4.79 Å². The second kappa shape index (κ2) is 5.91. The summed E-state index contributed by atoms with van der Waals surface area (Å²) >= 11 is 0. The molecule has 0 N–H and O–H groups in total. The van der Waals surface area contributed by atoms with Crippen LogP contribution < -0.4 is 9.64 Å². The molecule has 0 aliphatic carbocycles. The molecule has 2 heterocycles. The highest BCUT2D eigenvalue weighted by Gasteiger charge is 2.28. The second-order valence-electron chi connectivity index (χ2n) is 4.98. The average molecular weight is 283 g/mol. The van der Waals surface area contributed by atoms with E-state index in [0.29, 0.717) is 17.9 Å². The Labute approximate surface area is 123 Å². The molecule has 3 rings (SSSR count). The number of anilines is 1. The third-order valence-corrected chi connectivity index (χ3v) is 3.51. The number of benzene rings is 1. The van der Waals surface area contributed by atoms with Crippen molar-refractivity contribution in [2.45, 2.75) is 26.2 Å². The molecule has 0 saturated heterocycles. The Morgan fingerprint density at radius 3 is 2.90 bits per heavy atom. The fourth-order valence-electron chi connectivity index (χ4n) is 2.42. The van der Waals surface area contributed by atoms with Crippen molar-refractivity contribution in [2.24, 2.45) is 0 Å². The molecule has 2 aromatic rings. The van der Waals surface area contributed by atoms with Crippen LogP contribution >= 0.6 is 0 Å². The minimum absolute atomic E-state index is 0.0825. The molecule has 0 radical (unpaired) electrons. The minimum atomic E-state index is -0.0825. The maximum Gasteiger partial charge on any atom is 0.264 e. The summed E-state index contributed by atoms with van der Waals surface area (Å²) in [6, 6.07) is 9.19. The summed E-state index contributed by atoms with van der Waals surface area (Å²) in [6.07, 6.45) is 4.68. The van der Waals surface area contributed by atoms with Crippen LogP contribution in [0.2, 0.25) is 0 Å². The highest BCUT2D eigenvalue weighted by atomic mass is 16.5. The summed E-state index contributed by atoms with van der Waals surface area (Å²) in [5.41, 5.74) is 1.24. The molecule has 0 unspecified atom stereocenters. The van der Waals surface area contributed by atoms with E-state index in [-0.39, 0.29) is 11.8 Å². The Balaban J connectivity index is 2.03. The van der Waals surface area contributed by atoms with Gasteiger partial charge in [0.25, 0.3) is 11.8 Å². The number of carbonyl (C=O) groups is 1. The highest BCUT2D eigenvalue weighted by Crippen LogP contribution is 2.37. The van der Waals surface area contributed by atoms with Crippen LogP contribution in [0.15, 0.2) is 36.5 Å². The Kier molecular flexibility index (Phi) is 3.81. The lowest BCUT2D eigenvalue weighted by molar-refractivity contribution is 0.0986. The average Bonchev–Trinajstić information content (AvgIpc) is 2.63. The molecule has 1 aliphatic rings. The van der Waals surface area contributed by atoms with E-state index in [0.717, 1.165) is 24.9 Å². The molecular weight excluding hydrogens is 266 g/mol. The van der Waals surface area contributed by atoms with E-state index in [2.05, 4.69) is 17.1 Å². The molecule has 0 spiro atoms. The van der Waals surface area contributed by atoms with Crippen molar-refractivity contribution in [3.63, 3.8) is 0 Å². The molecule has 108 valence electrons. The summed E-state index contributed by atoms with van der Waals surface area (Å²) in [7, 11) is 0. The fraction of sp³-hybridized carbons (Fsp3) is 0.312. The van der Waals surface area contributed by atoms with Crippen molar-refractivity contribution < 1.29 is 9.53 Å². The summed E-state index contributed by atoms with van der Waals surface area (Å²) in [4.78, 5) is 14.5. The number of unbranched alkanes of at least 4 members (excludes halogenated alkanes) is 2. The summed E-state index contributed by atoms with van der Waals surface area (Å²) in [5, 5.41) is 7.74. The third kappa shape index (κ3) is 2.59. The molecule has 0 fully saturated rings. The van der Waals surface area contributed by atoms with E-state index < -0.39 is 0 Å². The van der Waals surface area contributed by atoms with Gasteiger partial charge in [-0.1, -0.05) is 31.9 Å². The van der Waals surface area contributed by atoms with Crippen LogP contribution in [0.25, 0.3) is 0 Å². The van der Waals surface area contributed by atoms with Gasteiger partial charge in [-0.05, 0) is 24.6 Å². The first-order valence-corrected chi connectivity index (χ1v) is 7.21. The van der Waals surface area contributed by atoms with Gasteiger partial charge in [-0.25, -0.2) is 0 Å². The third-order valence-electron chi connectivity index (χ3n) is 3.51. The maximum absolute atomic E-state index is 12.8. The number of carbonyl (C=O) groups excluding carboxylic acids is 1. The van der Waals surface area contributed by atoms with Gasteiger partial charge < -0.3 is 9.64 Å². The van der Waals surface area contributed by atoms with Gasteiger partial charge in [0.2, 0.25) is 0 Å². The van der Waals surface area contributed by atoms with Crippen LogP contribution in [0.5, 0.6) is 11.6 Å². The number of nitrogens with zero attached hydrogens (tertiary/aromatic N) is 3. The van der Waals surface area contributed by atoms with Gasteiger partial charge >= 0.3 is 0 Å². The zero-order valence-electron chi connectivity index (χ0n) is 12.0.